The Hall–Kier alpha value is -4.63. The van der Waals surface area contributed by atoms with E-state index in [2.05, 4.69) is 10.6 Å². The Morgan fingerprint density at radius 1 is 1.00 bits per heavy atom. The van der Waals surface area contributed by atoms with Crippen LogP contribution in [-0.2, 0) is 39.9 Å². The van der Waals surface area contributed by atoms with Crippen molar-refractivity contribution in [2.45, 2.75) is 52.0 Å². The Balaban J connectivity index is 1.48. The van der Waals surface area contributed by atoms with Crippen LogP contribution in [0.3, 0.4) is 0 Å². The molecule has 2 heterocycles. The molecule has 0 bridgehead atoms. The van der Waals surface area contributed by atoms with E-state index >= 15 is 0 Å². The highest BCUT2D eigenvalue weighted by Gasteiger charge is 2.43. The van der Waals surface area contributed by atoms with E-state index in [1.54, 1.807) is 20.8 Å². The summed E-state index contributed by atoms with van der Waals surface area (Å²) in [6.45, 7) is 7.05. The maximum atomic E-state index is 14.8. The van der Waals surface area contributed by atoms with Gasteiger partial charge in [0.15, 0.2) is 6.10 Å². The number of carbonyl (C=O) groups is 5. The first-order chi connectivity index (χ1) is 21.7. The molecule has 0 spiro atoms. The van der Waals surface area contributed by atoms with Crippen LogP contribution in [0.1, 0.15) is 43.6 Å². The van der Waals surface area contributed by atoms with E-state index in [9.17, 15) is 32.8 Å². The molecule has 0 radical (unpaired) electrons. The molecule has 2 unspecified atom stereocenters. The number of esters is 1. The van der Waals surface area contributed by atoms with Crippen LogP contribution in [0, 0.1) is 11.6 Å². The average Bonchev–Trinajstić information content (AvgIpc) is 2.99. The van der Waals surface area contributed by atoms with Gasteiger partial charge >= 0.3 is 12.1 Å². The van der Waals surface area contributed by atoms with Crippen molar-refractivity contribution in [1.29, 1.82) is 0 Å². The summed E-state index contributed by atoms with van der Waals surface area (Å²) in [5, 5.41) is 4.86. The monoisotopic (exact) mass is 646 g/mol. The largest absolute Gasteiger partial charge is 0.449 e. The lowest BCUT2D eigenvalue weighted by Crippen LogP contribution is -2.56. The molecule has 2 aromatic rings. The number of anilines is 2. The maximum absolute atomic E-state index is 14.8. The Kier molecular flexibility index (Phi) is 10.9. The van der Waals surface area contributed by atoms with Gasteiger partial charge in [-0.05, 0) is 51.1 Å². The SMILES string of the molecule is CC(=O)OC(C(=O)Nc1ccc(CNC(=O)OC(C)(C)C)c(F)c1)C1OCCN(c2ccc(F)c(C(=O)N3CCOCC3)c2)C1=O. The molecule has 15 heteroatoms. The van der Waals surface area contributed by atoms with E-state index in [4.69, 9.17) is 18.9 Å². The van der Waals surface area contributed by atoms with Gasteiger partial charge in [-0.2, -0.15) is 0 Å². The van der Waals surface area contributed by atoms with Crippen LogP contribution in [0.2, 0.25) is 0 Å². The number of nitrogens with zero attached hydrogens (tertiary/aromatic N) is 2. The number of hydrogen-bond acceptors (Lipinski definition) is 9. The highest BCUT2D eigenvalue weighted by Crippen LogP contribution is 2.26. The van der Waals surface area contributed by atoms with Crippen molar-refractivity contribution >= 4 is 41.2 Å². The molecule has 2 aliphatic heterocycles. The Bertz CT molecular complexity index is 1490. The van der Waals surface area contributed by atoms with Crippen LogP contribution >= 0.6 is 0 Å². The standard InChI is InChI=1S/C31H36F2N4O9/c1-18(38)45-25(27(39)35-20-6-5-19(24(33)15-20)17-34-30(42)46-31(2,3)4)26-29(41)37(11-14-44-26)21-7-8-23(32)22(16-21)28(40)36-9-12-43-13-10-36/h5-8,15-16,25-26H,9-14,17H2,1-4H3,(H,34,42)(H,35,39). The molecule has 2 N–H and O–H groups in total. The number of carbonyl (C=O) groups excluding carboxylic acids is 5. The number of morpholine rings is 2. The summed E-state index contributed by atoms with van der Waals surface area (Å²) in [5.41, 5.74) is -0.717. The van der Waals surface area contributed by atoms with Crippen molar-refractivity contribution in [3.8, 4) is 0 Å². The van der Waals surface area contributed by atoms with Gasteiger partial charge in [0.05, 0.1) is 25.4 Å². The number of halogens is 2. The summed E-state index contributed by atoms with van der Waals surface area (Å²) in [5.74, 6) is -4.73. The molecular weight excluding hydrogens is 610 g/mol. The lowest BCUT2D eigenvalue weighted by molar-refractivity contribution is -0.167. The summed E-state index contributed by atoms with van der Waals surface area (Å²) in [7, 11) is 0. The Morgan fingerprint density at radius 3 is 2.37 bits per heavy atom. The van der Waals surface area contributed by atoms with E-state index in [1.807, 2.05) is 0 Å². The molecule has 13 nitrogen and oxygen atoms in total. The second-order valence-corrected chi connectivity index (χ2v) is 11.5. The lowest BCUT2D eigenvalue weighted by Gasteiger charge is -2.35. The summed E-state index contributed by atoms with van der Waals surface area (Å²) < 4.78 is 50.7. The van der Waals surface area contributed by atoms with Gasteiger partial charge in [0.25, 0.3) is 17.7 Å². The van der Waals surface area contributed by atoms with E-state index in [0.717, 1.165) is 19.1 Å². The molecule has 2 saturated heterocycles. The maximum Gasteiger partial charge on any atom is 0.407 e. The zero-order valence-corrected chi connectivity index (χ0v) is 25.9. The third-order valence-electron chi connectivity index (χ3n) is 6.88. The normalized spacial score (nSPS) is 17.6. The van der Waals surface area contributed by atoms with Crippen molar-refractivity contribution < 1.29 is 51.7 Å². The van der Waals surface area contributed by atoms with Gasteiger partial charge in [0.1, 0.15) is 17.2 Å². The fraction of sp³-hybridized carbons (Fsp3) is 0.452. The van der Waals surface area contributed by atoms with Gasteiger partial charge in [-0.25, -0.2) is 13.6 Å². The molecule has 4 rings (SSSR count). The van der Waals surface area contributed by atoms with Gasteiger partial charge in [0, 0.05) is 50.0 Å². The van der Waals surface area contributed by atoms with Gasteiger partial charge in [0.2, 0.25) is 6.10 Å². The fourth-order valence-electron chi connectivity index (χ4n) is 4.76. The van der Waals surface area contributed by atoms with Crippen LogP contribution in [0.15, 0.2) is 36.4 Å². The first kappa shape index (κ1) is 34.2. The molecule has 0 saturated carbocycles. The van der Waals surface area contributed by atoms with Gasteiger partial charge in [-0.3, -0.25) is 19.2 Å². The van der Waals surface area contributed by atoms with E-state index in [1.165, 1.54) is 34.1 Å². The molecule has 248 valence electrons. The van der Waals surface area contributed by atoms with Crippen LogP contribution in [0.5, 0.6) is 0 Å². The Labute approximate surface area is 264 Å². The van der Waals surface area contributed by atoms with E-state index < -0.39 is 59.2 Å². The minimum absolute atomic E-state index is 0.00453. The molecule has 0 aromatic heterocycles. The topological polar surface area (TPSA) is 153 Å². The summed E-state index contributed by atoms with van der Waals surface area (Å²) >= 11 is 0. The first-order valence-electron chi connectivity index (χ1n) is 14.6. The molecule has 2 atom stereocenters. The third-order valence-corrected chi connectivity index (χ3v) is 6.88. The lowest BCUT2D eigenvalue weighted by atomic mass is 10.1. The predicted molar refractivity (Wildman–Crippen MR) is 159 cm³/mol. The summed E-state index contributed by atoms with van der Waals surface area (Å²) in [6.07, 6.45) is -4.12. The van der Waals surface area contributed by atoms with E-state index in [0.29, 0.717) is 13.2 Å². The molecule has 0 aliphatic carbocycles. The predicted octanol–water partition coefficient (Wildman–Crippen LogP) is 2.76. The smallest absolute Gasteiger partial charge is 0.407 e. The van der Waals surface area contributed by atoms with Crippen LogP contribution < -0.4 is 15.5 Å². The number of ether oxygens (including phenoxy) is 4. The van der Waals surface area contributed by atoms with Crippen LogP contribution in [0.4, 0.5) is 25.0 Å². The average molecular weight is 647 g/mol. The number of nitrogens with one attached hydrogen (secondary N) is 2. The van der Waals surface area contributed by atoms with Crippen molar-refractivity contribution in [3.63, 3.8) is 0 Å². The zero-order chi connectivity index (χ0) is 33.6. The fourth-order valence-corrected chi connectivity index (χ4v) is 4.76. The third kappa shape index (κ3) is 8.75. The van der Waals surface area contributed by atoms with Crippen molar-refractivity contribution in [2.75, 3.05) is 49.7 Å². The second kappa shape index (κ2) is 14.6. The second-order valence-electron chi connectivity index (χ2n) is 11.5. The van der Waals surface area contributed by atoms with Gasteiger partial charge in [-0.1, -0.05) is 6.07 Å². The summed E-state index contributed by atoms with van der Waals surface area (Å²) in [6, 6.07) is 7.32. The van der Waals surface area contributed by atoms with Crippen molar-refractivity contribution in [2.24, 2.45) is 0 Å². The molecule has 2 fully saturated rings. The number of alkyl carbamates (subject to hydrolysis) is 1. The molecule has 4 amide bonds. The van der Waals surface area contributed by atoms with Crippen LogP contribution in [-0.4, -0.2) is 91.9 Å². The number of hydrogen-bond donors (Lipinski definition) is 2. The zero-order valence-electron chi connectivity index (χ0n) is 25.9. The highest BCUT2D eigenvalue weighted by atomic mass is 19.1. The van der Waals surface area contributed by atoms with E-state index in [-0.39, 0.29) is 55.3 Å². The highest BCUT2D eigenvalue weighted by molar-refractivity contribution is 6.05. The Morgan fingerprint density at radius 2 is 1.72 bits per heavy atom. The van der Waals surface area contributed by atoms with Crippen molar-refractivity contribution in [1.82, 2.24) is 10.2 Å². The van der Waals surface area contributed by atoms with Gasteiger partial charge in [-0.15, -0.1) is 0 Å². The number of rotatable bonds is 8. The van der Waals surface area contributed by atoms with Crippen LogP contribution in [0.25, 0.3) is 0 Å². The molecular formula is C31H36F2N4O9. The van der Waals surface area contributed by atoms with Crippen molar-refractivity contribution in [3.05, 3.63) is 59.2 Å². The van der Waals surface area contributed by atoms with Gasteiger partial charge < -0.3 is 39.4 Å². The minimum atomic E-state index is -1.78. The molecule has 46 heavy (non-hydrogen) atoms. The quantitative estimate of drug-likeness (QED) is 0.413. The number of benzene rings is 2. The molecule has 2 aromatic carbocycles. The minimum Gasteiger partial charge on any atom is -0.449 e. The first-order valence-corrected chi connectivity index (χ1v) is 14.6. The summed E-state index contributed by atoms with van der Waals surface area (Å²) in [4.78, 5) is 66.4. The molecule has 2 aliphatic rings. The number of amides is 4.